The number of nitrogens with one attached hydrogen (secondary N) is 1. The molecule has 0 bridgehead atoms. The highest BCUT2D eigenvalue weighted by Crippen LogP contribution is 2.22. The third-order valence-corrected chi connectivity index (χ3v) is 3.19. The standard InChI is InChI=1S/C16H14BrN/c1-13-9-10-15(17)16(12-13)18-11-5-8-14-6-3-2-4-7-14/h2-4,6-7,9-10,12,18H,11H2,1H3. The monoisotopic (exact) mass is 299 g/mol. The Labute approximate surface area is 116 Å². The molecule has 0 aliphatic carbocycles. The van der Waals surface area contributed by atoms with Gasteiger partial charge in [0.05, 0.1) is 6.54 Å². The van der Waals surface area contributed by atoms with E-state index in [-0.39, 0.29) is 0 Å². The van der Waals surface area contributed by atoms with Gasteiger partial charge < -0.3 is 5.32 Å². The average Bonchev–Trinajstić information content (AvgIpc) is 2.40. The molecule has 0 fully saturated rings. The van der Waals surface area contributed by atoms with E-state index in [0.29, 0.717) is 6.54 Å². The molecule has 0 radical (unpaired) electrons. The summed E-state index contributed by atoms with van der Waals surface area (Å²) in [5.74, 6) is 6.24. The van der Waals surface area contributed by atoms with Gasteiger partial charge in [-0.2, -0.15) is 0 Å². The summed E-state index contributed by atoms with van der Waals surface area (Å²) in [5, 5.41) is 3.30. The molecule has 1 nitrogen and oxygen atoms in total. The SMILES string of the molecule is Cc1ccc(Br)c(NCC#Cc2ccccc2)c1. The van der Waals surface area contributed by atoms with Crippen molar-refractivity contribution in [1.82, 2.24) is 0 Å². The maximum atomic E-state index is 3.52. The number of aryl methyl sites for hydroxylation is 1. The summed E-state index contributed by atoms with van der Waals surface area (Å²) in [4.78, 5) is 0. The molecule has 0 saturated carbocycles. The molecule has 90 valence electrons. The zero-order chi connectivity index (χ0) is 12.8. The average molecular weight is 300 g/mol. The smallest absolute Gasteiger partial charge is 0.0770 e. The largest absolute Gasteiger partial charge is 0.373 e. The molecule has 2 heteroatoms. The van der Waals surface area contributed by atoms with Gasteiger partial charge in [-0.3, -0.25) is 0 Å². The number of rotatable bonds is 2. The fourth-order valence-electron chi connectivity index (χ4n) is 1.58. The van der Waals surface area contributed by atoms with E-state index >= 15 is 0 Å². The summed E-state index contributed by atoms with van der Waals surface area (Å²) in [7, 11) is 0. The molecule has 0 heterocycles. The fourth-order valence-corrected chi connectivity index (χ4v) is 1.97. The number of anilines is 1. The molecule has 18 heavy (non-hydrogen) atoms. The van der Waals surface area contributed by atoms with Crippen LogP contribution in [0.15, 0.2) is 53.0 Å². The minimum atomic E-state index is 0.636. The maximum absolute atomic E-state index is 3.52. The van der Waals surface area contributed by atoms with Gasteiger partial charge in [0.15, 0.2) is 0 Å². The van der Waals surface area contributed by atoms with Gasteiger partial charge in [-0.05, 0) is 52.7 Å². The predicted octanol–water partition coefficient (Wildman–Crippen LogP) is 4.22. The molecule has 0 aliphatic rings. The summed E-state index contributed by atoms with van der Waals surface area (Å²) in [6.07, 6.45) is 0. The predicted molar refractivity (Wildman–Crippen MR) is 80.7 cm³/mol. The Kier molecular flexibility index (Phi) is 4.44. The molecule has 0 amide bonds. The third kappa shape index (κ3) is 3.65. The molecular weight excluding hydrogens is 286 g/mol. The van der Waals surface area contributed by atoms with Crippen molar-refractivity contribution in [3.05, 3.63) is 64.1 Å². The summed E-state index contributed by atoms with van der Waals surface area (Å²) in [6.45, 7) is 2.71. The quantitative estimate of drug-likeness (QED) is 0.819. The van der Waals surface area contributed by atoms with Crippen molar-refractivity contribution in [2.45, 2.75) is 6.92 Å². The molecule has 2 aromatic carbocycles. The Morgan fingerprint density at radius 3 is 2.67 bits per heavy atom. The van der Waals surface area contributed by atoms with Crippen molar-refractivity contribution in [2.24, 2.45) is 0 Å². The van der Waals surface area contributed by atoms with Gasteiger partial charge in [-0.1, -0.05) is 36.1 Å². The highest BCUT2D eigenvalue weighted by molar-refractivity contribution is 9.10. The van der Waals surface area contributed by atoms with Gasteiger partial charge in [0, 0.05) is 15.7 Å². The third-order valence-electron chi connectivity index (χ3n) is 2.50. The number of hydrogen-bond acceptors (Lipinski definition) is 1. The molecule has 0 spiro atoms. The van der Waals surface area contributed by atoms with Gasteiger partial charge >= 0.3 is 0 Å². The van der Waals surface area contributed by atoms with E-state index in [1.54, 1.807) is 0 Å². The first-order valence-electron chi connectivity index (χ1n) is 5.79. The van der Waals surface area contributed by atoms with Crippen LogP contribution in [-0.4, -0.2) is 6.54 Å². The first kappa shape index (κ1) is 12.7. The molecule has 1 N–H and O–H groups in total. The Balaban J connectivity index is 1.97. The van der Waals surface area contributed by atoms with E-state index in [0.717, 1.165) is 15.7 Å². The van der Waals surface area contributed by atoms with Gasteiger partial charge in [-0.15, -0.1) is 0 Å². The molecule has 2 rings (SSSR count). The maximum Gasteiger partial charge on any atom is 0.0770 e. The van der Waals surface area contributed by atoms with Crippen molar-refractivity contribution in [1.29, 1.82) is 0 Å². The minimum Gasteiger partial charge on any atom is -0.373 e. The lowest BCUT2D eigenvalue weighted by atomic mass is 10.2. The normalized spacial score (nSPS) is 9.44. The van der Waals surface area contributed by atoms with Crippen LogP contribution in [-0.2, 0) is 0 Å². The first-order valence-corrected chi connectivity index (χ1v) is 6.59. The van der Waals surface area contributed by atoms with E-state index in [1.165, 1.54) is 5.56 Å². The number of benzene rings is 2. The molecule has 2 aromatic rings. The fraction of sp³-hybridized carbons (Fsp3) is 0.125. The molecule has 0 saturated heterocycles. The van der Waals surface area contributed by atoms with E-state index < -0.39 is 0 Å². The molecule has 0 aliphatic heterocycles. The summed E-state index contributed by atoms with van der Waals surface area (Å²) in [5.41, 5.74) is 3.36. The van der Waals surface area contributed by atoms with Crippen molar-refractivity contribution in [3.8, 4) is 11.8 Å². The lowest BCUT2D eigenvalue weighted by Crippen LogP contribution is -1.99. The summed E-state index contributed by atoms with van der Waals surface area (Å²) >= 11 is 3.52. The van der Waals surface area contributed by atoms with Gasteiger partial charge in [-0.25, -0.2) is 0 Å². The second kappa shape index (κ2) is 6.28. The van der Waals surface area contributed by atoms with E-state index in [9.17, 15) is 0 Å². The summed E-state index contributed by atoms with van der Waals surface area (Å²) in [6, 6.07) is 16.2. The summed E-state index contributed by atoms with van der Waals surface area (Å²) < 4.78 is 1.06. The van der Waals surface area contributed by atoms with Crippen molar-refractivity contribution in [2.75, 3.05) is 11.9 Å². The van der Waals surface area contributed by atoms with Crippen LogP contribution in [0.4, 0.5) is 5.69 Å². The van der Waals surface area contributed by atoms with Crippen LogP contribution in [0.3, 0.4) is 0 Å². The van der Waals surface area contributed by atoms with Gasteiger partial charge in [0.2, 0.25) is 0 Å². The Morgan fingerprint density at radius 1 is 1.11 bits per heavy atom. The van der Waals surface area contributed by atoms with E-state index in [4.69, 9.17) is 0 Å². The Morgan fingerprint density at radius 2 is 1.89 bits per heavy atom. The van der Waals surface area contributed by atoms with Crippen molar-refractivity contribution < 1.29 is 0 Å². The number of halogens is 1. The highest BCUT2D eigenvalue weighted by atomic mass is 79.9. The zero-order valence-electron chi connectivity index (χ0n) is 10.2. The molecule has 0 unspecified atom stereocenters. The molecular formula is C16H14BrN. The minimum absolute atomic E-state index is 0.636. The van der Waals surface area contributed by atoms with Crippen LogP contribution < -0.4 is 5.32 Å². The van der Waals surface area contributed by atoms with E-state index in [2.05, 4.69) is 52.1 Å². The highest BCUT2D eigenvalue weighted by Gasteiger charge is 1.97. The van der Waals surface area contributed by atoms with Crippen LogP contribution in [0.25, 0.3) is 0 Å². The molecule has 0 aromatic heterocycles. The first-order chi connectivity index (χ1) is 8.75. The lowest BCUT2D eigenvalue weighted by molar-refractivity contribution is 1.34. The zero-order valence-corrected chi connectivity index (χ0v) is 11.8. The van der Waals surface area contributed by atoms with Crippen LogP contribution in [0.5, 0.6) is 0 Å². The Hall–Kier alpha value is -1.72. The Bertz CT molecular complexity index is 579. The van der Waals surface area contributed by atoms with Crippen LogP contribution >= 0.6 is 15.9 Å². The second-order valence-corrected chi connectivity index (χ2v) is 4.86. The van der Waals surface area contributed by atoms with Crippen molar-refractivity contribution >= 4 is 21.6 Å². The number of hydrogen-bond donors (Lipinski definition) is 1. The van der Waals surface area contributed by atoms with E-state index in [1.807, 2.05) is 36.4 Å². The molecule has 0 atom stereocenters. The second-order valence-electron chi connectivity index (χ2n) is 4.00. The topological polar surface area (TPSA) is 12.0 Å². The van der Waals surface area contributed by atoms with Crippen LogP contribution in [0.1, 0.15) is 11.1 Å². The van der Waals surface area contributed by atoms with Gasteiger partial charge in [0.1, 0.15) is 0 Å². The van der Waals surface area contributed by atoms with Crippen LogP contribution in [0.2, 0.25) is 0 Å². The van der Waals surface area contributed by atoms with Gasteiger partial charge in [0.25, 0.3) is 0 Å². The van der Waals surface area contributed by atoms with Crippen LogP contribution in [0, 0.1) is 18.8 Å². The van der Waals surface area contributed by atoms with Crippen molar-refractivity contribution in [3.63, 3.8) is 0 Å². The lowest BCUT2D eigenvalue weighted by Gasteiger charge is -2.06.